The summed E-state index contributed by atoms with van der Waals surface area (Å²) in [6.07, 6.45) is 0. The Labute approximate surface area is 230 Å². The number of rotatable bonds is 8. The Morgan fingerprint density at radius 3 is 2.26 bits per heavy atom. The van der Waals surface area contributed by atoms with Gasteiger partial charge in [-0.05, 0) is 67.1 Å². The minimum absolute atomic E-state index is 0.150. The number of nitrogens with zero attached hydrogens (tertiary/aromatic N) is 1. The van der Waals surface area contributed by atoms with Gasteiger partial charge in [-0.2, -0.15) is 0 Å². The van der Waals surface area contributed by atoms with Crippen LogP contribution in [0.2, 0.25) is 0 Å². The van der Waals surface area contributed by atoms with E-state index in [1.165, 1.54) is 0 Å². The lowest BCUT2D eigenvalue weighted by molar-refractivity contribution is -0.120. The molecule has 4 aromatic carbocycles. The zero-order valence-electron chi connectivity index (χ0n) is 21.3. The second kappa shape index (κ2) is 11.3. The summed E-state index contributed by atoms with van der Waals surface area (Å²) in [6, 6.07) is 30.4. The number of benzene rings is 4. The van der Waals surface area contributed by atoms with Gasteiger partial charge in [-0.25, -0.2) is 4.90 Å². The van der Waals surface area contributed by atoms with Crippen molar-refractivity contribution in [2.75, 3.05) is 22.6 Å². The van der Waals surface area contributed by atoms with Crippen LogP contribution in [0.5, 0.6) is 5.75 Å². The number of nitrogens with one attached hydrogen (secondary N) is 2. The lowest BCUT2D eigenvalue weighted by Gasteiger charge is -2.16. The van der Waals surface area contributed by atoms with Crippen molar-refractivity contribution in [2.24, 2.45) is 0 Å². The molecule has 0 atom stereocenters. The van der Waals surface area contributed by atoms with Gasteiger partial charge < -0.3 is 15.4 Å². The van der Waals surface area contributed by atoms with Crippen LogP contribution in [-0.4, -0.2) is 24.8 Å². The summed E-state index contributed by atoms with van der Waals surface area (Å²) in [4.78, 5) is 42.1. The molecule has 0 radical (unpaired) electrons. The number of hydrogen-bond acceptors (Lipinski definition) is 6. The van der Waals surface area contributed by atoms with Crippen molar-refractivity contribution in [3.8, 4) is 5.75 Å². The summed E-state index contributed by atoms with van der Waals surface area (Å²) in [5.41, 5.74) is 3.27. The lowest BCUT2D eigenvalue weighted by atomic mass is 10.2. The Balaban J connectivity index is 1.49. The van der Waals surface area contributed by atoms with Crippen LogP contribution in [0.4, 0.5) is 17.1 Å². The maximum absolute atomic E-state index is 13.7. The first kappa shape index (κ1) is 25.8. The molecule has 0 aromatic heterocycles. The van der Waals surface area contributed by atoms with Gasteiger partial charge in [0.2, 0.25) is 0 Å². The van der Waals surface area contributed by atoms with Crippen molar-refractivity contribution < 1.29 is 19.1 Å². The quantitative estimate of drug-likeness (QED) is 0.260. The molecule has 39 heavy (non-hydrogen) atoms. The minimum Gasteiger partial charge on any atom is -0.495 e. The molecule has 4 aromatic rings. The van der Waals surface area contributed by atoms with Crippen molar-refractivity contribution in [1.29, 1.82) is 0 Å². The smallest absolute Gasteiger partial charge is 0.283 e. The van der Waals surface area contributed by atoms with Gasteiger partial charge in [0.05, 0.1) is 18.5 Å². The number of para-hydroxylation sites is 1. The SMILES string of the molecule is COc1ccc(C)cc1NC1=C(Sc2cccc(NC(=O)c3ccccc3)c2)C(=O)N(c2ccccc2)C1=O. The van der Waals surface area contributed by atoms with E-state index in [0.29, 0.717) is 33.3 Å². The van der Waals surface area contributed by atoms with Crippen molar-refractivity contribution in [1.82, 2.24) is 0 Å². The molecule has 3 amide bonds. The minimum atomic E-state index is -0.467. The number of imide groups is 1. The van der Waals surface area contributed by atoms with E-state index in [2.05, 4.69) is 10.6 Å². The van der Waals surface area contributed by atoms with E-state index in [-0.39, 0.29) is 16.5 Å². The van der Waals surface area contributed by atoms with Gasteiger partial charge >= 0.3 is 0 Å². The summed E-state index contributed by atoms with van der Waals surface area (Å²) in [6.45, 7) is 1.93. The Hall–Kier alpha value is -4.82. The molecular formula is C31H25N3O4S. The molecule has 0 fully saturated rings. The highest BCUT2D eigenvalue weighted by atomic mass is 32.2. The van der Waals surface area contributed by atoms with Crippen LogP contribution in [0.3, 0.4) is 0 Å². The van der Waals surface area contributed by atoms with Gasteiger partial charge in [-0.1, -0.05) is 60.3 Å². The average Bonchev–Trinajstić information content (AvgIpc) is 3.18. The second-order valence-electron chi connectivity index (χ2n) is 8.76. The van der Waals surface area contributed by atoms with Crippen LogP contribution in [0.1, 0.15) is 15.9 Å². The van der Waals surface area contributed by atoms with Crippen LogP contribution in [0.25, 0.3) is 0 Å². The number of ether oxygens (including phenoxy) is 1. The molecule has 1 heterocycles. The van der Waals surface area contributed by atoms with Crippen molar-refractivity contribution in [2.45, 2.75) is 11.8 Å². The topological polar surface area (TPSA) is 87.7 Å². The molecule has 0 aliphatic carbocycles. The molecule has 1 aliphatic rings. The van der Waals surface area contributed by atoms with Gasteiger partial charge in [0, 0.05) is 16.1 Å². The molecule has 194 valence electrons. The largest absolute Gasteiger partial charge is 0.495 e. The summed E-state index contributed by atoms with van der Waals surface area (Å²) < 4.78 is 5.48. The molecule has 7 nitrogen and oxygen atoms in total. The van der Waals surface area contributed by atoms with E-state index in [4.69, 9.17) is 4.74 Å². The molecule has 0 spiro atoms. The average molecular weight is 536 g/mol. The molecule has 5 rings (SSSR count). The molecule has 2 N–H and O–H groups in total. The number of carbonyl (C=O) groups is 3. The van der Waals surface area contributed by atoms with Crippen molar-refractivity contribution >= 4 is 46.5 Å². The normalized spacial score (nSPS) is 13.0. The van der Waals surface area contributed by atoms with Crippen molar-refractivity contribution in [3.05, 3.63) is 125 Å². The molecular weight excluding hydrogens is 510 g/mol. The number of anilines is 3. The Morgan fingerprint density at radius 2 is 1.54 bits per heavy atom. The van der Waals surface area contributed by atoms with Crippen LogP contribution in [-0.2, 0) is 9.59 Å². The Kier molecular flexibility index (Phi) is 7.47. The van der Waals surface area contributed by atoms with Gasteiger partial charge in [0.25, 0.3) is 17.7 Å². The predicted octanol–water partition coefficient (Wildman–Crippen LogP) is 6.25. The molecule has 0 saturated heterocycles. The number of hydrogen-bond donors (Lipinski definition) is 2. The van der Waals surface area contributed by atoms with E-state index >= 15 is 0 Å². The number of methoxy groups -OCH3 is 1. The first-order valence-electron chi connectivity index (χ1n) is 12.2. The van der Waals surface area contributed by atoms with Crippen LogP contribution < -0.4 is 20.3 Å². The van der Waals surface area contributed by atoms with E-state index in [0.717, 1.165) is 22.2 Å². The Bertz CT molecular complexity index is 1590. The van der Waals surface area contributed by atoms with Gasteiger partial charge in [-0.3, -0.25) is 14.4 Å². The van der Waals surface area contributed by atoms with Crippen molar-refractivity contribution in [3.63, 3.8) is 0 Å². The van der Waals surface area contributed by atoms with E-state index in [1.807, 2.05) is 37.3 Å². The van der Waals surface area contributed by atoms with Crippen LogP contribution in [0.15, 0.2) is 119 Å². The Morgan fingerprint density at radius 1 is 0.821 bits per heavy atom. The fourth-order valence-electron chi connectivity index (χ4n) is 4.13. The van der Waals surface area contributed by atoms with Crippen LogP contribution in [0, 0.1) is 6.92 Å². The third-order valence-corrected chi connectivity index (χ3v) is 7.09. The third kappa shape index (κ3) is 5.56. The lowest BCUT2D eigenvalue weighted by Crippen LogP contribution is -2.32. The van der Waals surface area contributed by atoms with E-state index in [1.54, 1.807) is 79.9 Å². The molecule has 0 unspecified atom stereocenters. The zero-order valence-corrected chi connectivity index (χ0v) is 22.1. The molecule has 0 bridgehead atoms. The monoisotopic (exact) mass is 535 g/mol. The fraction of sp³-hybridized carbons (Fsp3) is 0.0645. The summed E-state index contributed by atoms with van der Waals surface area (Å²) in [7, 11) is 1.55. The van der Waals surface area contributed by atoms with Gasteiger partial charge in [-0.15, -0.1) is 0 Å². The first-order valence-corrected chi connectivity index (χ1v) is 13.0. The number of amides is 3. The number of thioether (sulfide) groups is 1. The first-order chi connectivity index (χ1) is 18.9. The van der Waals surface area contributed by atoms with Gasteiger partial charge in [0.15, 0.2) is 0 Å². The maximum atomic E-state index is 13.7. The number of aryl methyl sites for hydroxylation is 1. The summed E-state index contributed by atoms with van der Waals surface area (Å²) in [5.74, 6) is -0.607. The standard InChI is InChI=1S/C31H25N3O4S/c1-20-16-17-26(38-2)25(18-20)33-27-28(31(37)34(30(27)36)23-13-7-4-8-14-23)39-24-15-9-12-22(19-24)32-29(35)21-10-5-3-6-11-21/h3-19,33H,1-2H3,(H,32,35). The van der Waals surface area contributed by atoms with Gasteiger partial charge in [0.1, 0.15) is 16.4 Å². The van der Waals surface area contributed by atoms with E-state index < -0.39 is 11.8 Å². The fourth-order valence-corrected chi connectivity index (χ4v) is 5.12. The highest BCUT2D eigenvalue weighted by Gasteiger charge is 2.40. The molecule has 8 heteroatoms. The highest BCUT2D eigenvalue weighted by Crippen LogP contribution is 2.39. The molecule has 0 saturated carbocycles. The third-order valence-electron chi connectivity index (χ3n) is 6.02. The maximum Gasteiger partial charge on any atom is 0.283 e. The predicted molar refractivity (Wildman–Crippen MR) is 154 cm³/mol. The second-order valence-corrected chi connectivity index (χ2v) is 9.85. The summed E-state index contributed by atoms with van der Waals surface area (Å²) >= 11 is 1.16. The van der Waals surface area contributed by atoms with E-state index in [9.17, 15) is 14.4 Å². The summed E-state index contributed by atoms with van der Waals surface area (Å²) in [5, 5.41) is 6.06. The zero-order chi connectivity index (χ0) is 27.4. The number of carbonyl (C=O) groups excluding carboxylic acids is 3. The highest BCUT2D eigenvalue weighted by molar-refractivity contribution is 8.04. The molecule has 1 aliphatic heterocycles. The van der Waals surface area contributed by atoms with Crippen LogP contribution >= 0.6 is 11.8 Å².